The van der Waals surface area contributed by atoms with Crippen LogP contribution in [0.4, 0.5) is 10.5 Å². The van der Waals surface area contributed by atoms with Gasteiger partial charge in [0.15, 0.2) is 0 Å². The Bertz CT molecular complexity index is 788. The lowest BCUT2D eigenvalue weighted by atomic mass is 9.94. The molecule has 1 aliphatic rings. The number of nitrogens with one attached hydrogen (secondary N) is 1. The van der Waals surface area contributed by atoms with Crippen LogP contribution in [0.25, 0.3) is 0 Å². The number of rotatable bonds is 9. The number of benzene rings is 1. The number of urea groups is 1. The van der Waals surface area contributed by atoms with Crippen molar-refractivity contribution in [3.63, 3.8) is 0 Å². The number of esters is 1. The van der Waals surface area contributed by atoms with Crippen LogP contribution in [0.15, 0.2) is 35.5 Å². The summed E-state index contributed by atoms with van der Waals surface area (Å²) in [5, 5.41) is 13.7. The summed E-state index contributed by atoms with van der Waals surface area (Å²) in [7, 11) is 1.51. The molecular weight excluding hydrogens is 378 g/mol. The second-order valence-electron chi connectivity index (χ2n) is 7.19. The van der Waals surface area contributed by atoms with E-state index in [0.29, 0.717) is 29.3 Å². The van der Waals surface area contributed by atoms with Gasteiger partial charge in [-0.1, -0.05) is 13.8 Å². The van der Waals surface area contributed by atoms with E-state index in [2.05, 4.69) is 19.2 Å². The van der Waals surface area contributed by atoms with Crippen molar-refractivity contribution in [2.24, 2.45) is 5.92 Å². The standard InChI is InChI=1S/C20H27N3O6/c1-13(2)9-10-22-14(3)17(19(24)29-12-11-28-4)18(21-20(22)25)15-5-7-16(8-6-15)23(26)27/h5-8,13,18H,9-12H2,1-4H3,(H,21,25)/t18-/m1/s1. The lowest BCUT2D eigenvalue weighted by Crippen LogP contribution is -2.48. The zero-order valence-corrected chi connectivity index (χ0v) is 17.1. The van der Waals surface area contributed by atoms with E-state index in [1.54, 1.807) is 6.92 Å². The maximum atomic E-state index is 12.8. The molecule has 158 valence electrons. The molecule has 0 fully saturated rings. The monoisotopic (exact) mass is 405 g/mol. The maximum Gasteiger partial charge on any atom is 0.338 e. The van der Waals surface area contributed by atoms with Crippen molar-refractivity contribution in [2.45, 2.75) is 33.2 Å². The van der Waals surface area contributed by atoms with Crippen LogP contribution in [-0.2, 0) is 14.3 Å². The molecular formula is C20H27N3O6. The van der Waals surface area contributed by atoms with Crippen LogP contribution in [0.2, 0.25) is 0 Å². The smallest absolute Gasteiger partial charge is 0.338 e. The Labute approximate surface area is 169 Å². The van der Waals surface area contributed by atoms with Crippen molar-refractivity contribution in [3.05, 3.63) is 51.2 Å². The Morgan fingerprint density at radius 2 is 1.93 bits per heavy atom. The molecule has 1 aromatic carbocycles. The molecule has 0 aliphatic carbocycles. The number of ether oxygens (including phenoxy) is 2. The van der Waals surface area contributed by atoms with E-state index in [-0.39, 0.29) is 24.9 Å². The summed E-state index contributed by atoms with van der Waals surface area (Å²) in [5.41, 5.74) is 1.31. The van der Waals surface area contributed by atoms with E-state index in [4.69, 9.17) is 9.47 Å². The molecule has 0 aromatic heterocycles. The third kappa shape index (κ3) is 5.54. The highest BCUT2D eigenvalue weighted by Crippen LogP contribution is 2.32. The van der Waals surface area contributed by atoms with Crippen LogP contribution < -0.4 is 5.32 Å². The van der Waals surface area contributed by atoms with Crippen LogP contribution in [0.1, 0.15) is 38.8 Å². The van der Waals surface area contributed by atoms with Crippen molar-refractivity contribution in [3.8, 4) is 0 Å². The first kappa shape index (κ1) is 22.4. The van der Waals surface area contributed by atoms with Crippen molar-refractivity contribution in [1.82, 2.24) is 10.2 Å². The van der Waals surface area contributed by atoms with Crippen LogP contribution in [-0.4, -0.2) is 48.7 Å². The van der Waals surface area contributed by atoms with Gasteiger partial charge in [0.05, 0.1) is 23.1 Å². The fraction of sp³-hybridized carbons (Fsp3) is 0.500. The highest BCUT2D eigenvalue weighted by molar-refractivity contribution is 5.95. The molecule has 1 heterocycles. The maximum absolute atomic E-state index is 12.8. The van der Waals surface area contributed by atoms with Gasteiger partial charge in [-0.15, -0.1) is 0 Å². The third-order valence-electron chi connectivity index (χ3n) is 4.70. The Morgan fingerprint density at radius 3 is 2.48 bits per heavy atom. The summed E-state index contributed by atoms with van der Waals surface area (Å²) < 4.78 is 10.2. The number of non-ortho nitro benzene ring substituents is 1. The normalized spacial score (nSPS) is 16.8. The quantitative estimate of drug-likeness (QED) is 0.292. The molecule has 0 spiro atoms. The fourth-order valence-corrected chi connectivity index (χ4v) is 3.04. The number of nitro groups is 1. The van der Waals surface area contributed by atoms with Gasteiger partial charge in [0.2, 0.25) is 0 Å². The van der Waals surface area contributed by atoms with Gasteiger partial charge in [0, 0.05) is 31.5 Å². The molecule has 1 atom stereocenters. The Hall–Kier alpha value is -2.94. The van der Waals surface area contributed by atoms with E-state index in [1.807, 2.05) is 0 Å². The van der Waals surface area contributed by atoms with Crippen LogP contribution in [0.3, 0.4) is 0 Å². The Kier molecular flexibility index (Phi) is 7.72. The second-order valence-corrected chi connectivity index (χ2v) is 7.19. The fourth-order valence-electron chi connectivity index (χ4n) is 3.04. The molecule has 9 heteroatoms. The highest BCUT2D eigenvalue weighted by atomic mass is 16.6. The highest BCUT2D eigenvalue weighted by Gasteiger charge is 2.36. The Balaban J connectivity index is 2.40. The van der Waals surface area contributed by atoms with Crippen molar-refractivity contribution in [1.29, 1.82) is 0 Å². The number of allylic oxidation sites excluding steroid dienone is 1. The topological polar surface area (TPSA) is 111 Å². The molecule has 0 unspecified atom stereocenters. The average molecular weight is 405 g/mol. The summed E-state index contributed by atoms with van der Waals surface area (Å²) in [6, 6.07) is 4.67. The Morgan fingerprint density at radius 1 is 1.28 bits per heavy atom. The van der Waals surface area contributed by atoms with Gasteiger partial charge in [-0.05, 0) is 37.0 Å². The van der Waals surface area contributed by atoms with Gasteiger partial charge in [-0.3, -0.25) is 15.0 Å². The number of carbonyl (C=O) groups is 2. The summed E-state index contributed by atoms with van der Waals surface area (Å²) in [4.78, 5) is 37.5. The third-order valence-corrected chi connectivity index (χ3v) is 4.70. The number of hydrogen-bond donors (Lipinski definition) is 1. The number of carbonyl (C=O) groups excluding carboxylic acids is 2. The minimum Gasteiger partial charge on any atom is -0.460 e. The predicted octanol–water partition coefficient (Wildman–Crippen LogP) is 3.17. The largest absolute Gasteiger partial charge is 0.460 e. The van der Waals surface area contributed by atoms with Crippen molar-refractivity contribution >= 4 is 17.7 Å². The number of nitrogens with zero attached hydrogens (tertiary/aromatic N) is 2. The summed E-state index contributed by atoms with van der Waals surface area (Å²) >= 11 is 0. The van der Waals surface area contributed by atoms with E-state index in [9.17, 15) is 19.7 Å². The molecule has 29 heavy (non-hydrogen) atoms. The lowest BCUT2D eigenvalue weighted by Gasteiger charge is -2.35. The molecule has 1 aliphatic heterocycles. The summed E-state index contributed by atoms with van der Waals surface area (Å²) in [6.45, 7) is 6.63. The lowest BCUT2D eigenvalue weighted by molar-refractivity contribution is -0.384. The van der Waals surface area contributed by atoms with Gasteiger partial charge < -0.3 is 14.8 Å². The number of nitro benzene ring substituents is 1. The van der Waals surface area contributed by atoms with E-state index in [1.165, 1.54) is 36.3 Å². The minimum atomic E-state index is -0.756. The minimum absolute atomic E-state index is 0.0700. The first-order valence-corrected chi connectivity index (χ1v) is 9.45. The van der Waals surface area contributed by atoms with Crippen LogP contribution >= 0.6 is 0 Å². The number of amides is 2. The van der Waals surface area contributed by atoms with Crippen molar-refractivity contribution < 1.29 is 24.0 Å². The predicted molar refractivity (Wildman–Crippen MR) is 106 cm³/mol. The molecule has 0 radical (unpaired) electrons. The SMILES string of the molecule is COCCOC(=O)C1=C(C)N(CCC(C)C)C(=O)N[C@@H]1c1ccc([N+](=O)[O-])cc1. The first-order valence-electron chi connectivity index (χ1n) is 9.45. The number of hydrogen-bond acceptors (Lipinski definition) is 6. The summed E-state index contributed by atoms with van der Waals surface area (Å²) in [6.07, 6.45) is 0.777. The zero-order valence-electron chi connectivity index (χ0n) is 17.1. The van der Waals surface area contributed by atoms with Crippen LogP contribution in [0, 0.1) is 16.0 Å². The van der Waals surface area contributed by atoms with Gasteiger partial charge >= 0.3 is 12.0 Å². The van der Waals surface area contributed by atoms with E-state index in [0.717, 1.165) is 6.42 Å². The van der Waals surface area contributed by atoms with Gasteiger partial charge in [-0.2, -0.15) is 0 Å². The molecule has 0 bridgehead atoms. The van der Waals surface area contributed by atoms with E-state index >= 15 is 0 Å². The molecule has 2 amide bonds. The molecule has 1 aromatic rings. The molecule has 1 N–H and O–H groups in total. The first-order chi connectivity index (χ1) is 13.8. The van der Waals surface area contributed by atoms with Crippen molar-refractivity contribution in [2.75, 3.05) is 26.9 Å². The van der Waals surface area contributed by atoms with E-state index < -0.39 is 16.9 Å². The zero-order chi connectivity index (χ0) is 21.6. The van der Waals surface area contributed by atoms with Gasteiger partial charge in [0.25, 0.3) is 5.69 Å². The summed E-state index contributed by atoms with van der Waals surface area (Å²) in [5.74, 6) is -0.169. The molecule has 0 saturated carbocycles. The van der Waals surface area contributed by atoms with Gasteiger partial charge in [-0.25, -0.2) is 9.59 Å². The van der Waals surface area contributed by atoms with Crippen LogP contribution in [0.5, 0.6) is 0 Å². The second kappa shape index (κ2) is 10.0. The molecule has 9 nitrogen and oxygen atoms in total. The number of methoxy groups -OCH3 is 1. The molecule has 0 saturated heterocycles. The van der Waals surface area contributed by atoms with Gasteiger partial charge in [0.1, 0.15) is 6.61 Å². The molecule has 2 rings (SSSR count). The average Bonchev–Trinajstić information content (AvgIpc) is 2.67.